The van der Waals surface area contributed by atoms with Crippen LogP contribution >= 0.6 is 0 Å². The molecule has 0 heterocycles. The Morgan fingerprint density at radius 1 is 1.36 bits per heavy atom. The Kier molecular flexibility index (Phi) is 5.98. The molecule has 0 spiro atoms. The number of hydrogen-bond acceptors (Lipinski definition) is 3. The normalized spacial score (nSPS) is 11.5. The number of rotatable bonds is 5. The molecule has 0 saturated carbocycles. The summed E-state index contributed by atoms with van der Waals surface area (Å²) in [5, 5.41) is 0. The molecule has 0 saturated heterocycles. The maximum Gasteiger partial charge on any atom is 0.712 e. The first-order valence-electron chi connectivity index (χ1n) is 3.61. The van der Waals surface area contributed by atoms with E-state index >= 15 is 0 Å². The lowest BCUT2D eigenvalue weighted by Gasteiger charge is -2.06. The first kappa shape index (κ1) is 10.5. The van der Waals surface area contributed by atoms with Gasteiger partial charge in [0, 0.05) is 14.2 Å². The Hall–Kier alpha value is -0.475. The zero-order chi connectivity index (χ0) is 8.69. The van der Waals surface area contributed by atoms with Crippen molar-refractivity contribution in [2.24, 2.45) is 0 Å². The lowest BCUT2D eigenvalue weighted by atomic mass is 10.2. The SMILES string of the molecule is CC/C(C)=C/OB(OC)OC. The summed E-state index contributed by atoms with van der Waals surface area (Å²) in [6.07, 6.45) is 2.62. The molecule has 0 N–H and O–H groups in total. The molecule has 0 aromatic carbocycles. The van der Waals surface area contributed by atoms with Crippen molar-refractivity contribution >= 4 is 7.32 Å². The van der Waals surface area contributed by atoms with Gasteiger partial charge in [0.15, 0.2) is 0 Å². The molecule has 0 aliphatic rings. The van der Waals surface area contributed by atoms with Crippen LogP contribution in [0.2, 0.25) is 0 Å². The molecule has 0 fully saturated rings. The van der Waals surface area contributed by atoms with Crippen molar-refractivity contribution in [3.05, 3.63) is 11.8 Å². The van der Waals surface area contributed by atoms with E-state index in [1.165, 1.54) is 14.2 Å². The molecule has 0 aromatic heterocycles. The predicted octanol–water partition coefficient (Wildman–Crippen LogP) is 1.59. The Morgan fingerprint density at radius 2 is 1.91 bits per heavy atom. The highest BCUT2D eigenvalue weighted by Gasteiger charge is 2.16. The van der Waals surface area contributed by atoms with Crippen LogP contribution in [0.4, 0.5) is 0 Å². The minimum absolute atomic E-state index is 0.587. The van der Waals surface area contributed by atoms with Crippen LogP contribution < -0.4 is 0 Å². The Labute approximate surface area is 68.5 Å². The number of hydrogen-bond donors (Lipinski definition) is 0. The molecule has 0 radical (unpaired) electrons. The molecule has 0 amide bonds. The van der Waals surface area contributed by atoms with E-state index in [-0.39, 0.29) is 0 Å². The zero-order valence-corrected chi connectivity index (χ0v) is 7.59. The van der Waals surface area contributed by atoms with Gasteiger partial charge < -0.3 is 14.0 Å². The van der Waals surface area contributed by atoms with Gasteiger partial charge in [0.2, 0.25) is 0 Å². The minimum atomic E-state index is -0.587. The molecule has 0 aromatic rings. The molecule has 4 heteroatoms. The van der Waals surface area contributed by atoms with E-state index in [2.05, 4.69) is 6.92 Å². The monoisotopic (exact) mass is 158 g/mol. The fraction of sp³-hybridized carbons (Fsp3) is 0.714. The molecular weight excluding hydrogens is 143 g/mol. The van der Waals surface area contributed by atoms with Crippen LogP contribution in [-0.2, 0) is 14.0 Å². The van der Waals surface area contributed by atoms with Crippen LogP contribution in [-0.4, -0.2) is 21.5 Å². The van der Waals surface area contributed by atoms with Gasteiger partial charge in [0.25, 0.3) is 0 Å². The van der Waals surface area contributed by atoms with E-state index in [0.29, 0.717) is 0 Å². The third kappa shape index (κ3) is 4.87. The Balaban J connectivity index is 3.65. The molecule has 11 heavy (non-hydrogen) atoms. The molecule has 0 bridgehead atoms. The summed E-state index contributed by atoms with van der Waals surface area (Å²) >= 11 is 0. The highest BCUT2D eigenvalue weighted by Crippen LogP contribution is 1.99. The maximum atomic E-state index is 5.09. The lowest BCUT2D eigenvalue weighted by Crippen LogP contribution is -2.21. The summed E-state index contributed by atoms with van der Waals surface area (Å²) in [4.78, 5) is 0. The van der Waals surface area contributed by atoms with Crippen molar-refractivity contribution in [3.63, 3.8) is 0 Å². The van der Waals surface area contributed by atoms with Crippen LogP contribution in [0, 0.1) is 0 Å². The van der Waals surface area contributed by atoms with E-state index in [9.17, 15) is 0 Å². The largest absolute Gasteiger partial charge is 0.712 e. The predicted molar refractivity (Wildman–Crippen MR) is 44.9 cm³/mol. The highest BCUT2D eigenvalue weighted by atomic mass is 16.7. The molecule has 64 valence electrons. The zero-order valence-electron chi connectivity index (χ0n) is 7.59. The van der Waals surface area contributed by atoms with E-state index in [4.69, 9.17) is 14.0 Å². The molecule has 0 unspecified atom stereocenters. The highest BCUT2D eigenvalue weighted by molar-refractivity contribution is 6.36. The van der Waals surface area contributed by atoms with Crippen LogP contribution in [0.15, 0.2) is 11.8 Å². The molecule has 0 rings (SSSR count). The third-order valence-electron chi connectivity index (χ3n) is 1.32. The van der Waals surface area contributed by atoms with Gasteiger partial charge in [-0.3, -0.25) is 0 Å². The molecule has 0 aliphatic carbocycles. The summed E-state index contributed by atoms with van der Waals surface area (Å²) in [6, 6.07) is 0. The minimum Gasteiger partial charge on any atom is -0.518 e. The summed E-state index contributed by atoms with van der Waals surface area (Å²) in [5.74, 6) is 0. The van der Waals surface area contributed by atoms with E-state index in [0.717, 1.165) is 12.0 Å². The van der Waals surface area contributed by atoms with Crippen LogP contribution in [0.5, 0.6) is 0 Å². The Morgan fingerprint density at radius 3 is 2.27 bits per heavy atom. The fourth-order valence-corrected chi connectivity index (χ4v) is 0.462. The second-order valence-corrected chi connectivity index (χ2v) is 2.21. The molecule has 0 aliphatic heterocycles. The van der Waals surface area contributed by atoms with Crippen LogP contribution in [0.3, 0.4) is 0 Å². The van der Waals surface area contributed by atoms with Crippen molar-refractivity contribution < 1.29 is 14.0 Å². The summed E-state index contributed by atoms with van der Waals surface area (Å²) in [6.45, 7) is 4.05. The van der Waals surface area contributed by atoms with Gasteiger partial charge in [-0.15, -0.1) is 0 Å². The van der Waals surface area contributed by atoms with Gasteiger partial charge in [-0.05, 0) is 18.9 Å². The average Bonchev–Trinajstić information content (AvgIpc) is 2.06. The third-order valence-corrected chi connectivity index (χ3v) is 1.32. The topological polar surface area (TPSA) is 27.7 Å². The first-order valence-corrected chi connectivity index (χ1v) is 3.61. The average molecular weight is 158 g/mol. The van der Waals surface area contributed by atoms with Crippen LogP contribution in [0.1, 0.15) is 20.3 Å². The second kappa shape index (κ2) is 6.25. The van der Waals surface area contributed by atoms with Crippen molar-refractivity contribution in [1.29, 1.82) is 0 Å². The summed E-state index contributed by atoms with van der Waals surface area (Å²) < 4.78 is 14.7. The van der Waals surface area contributed by atoms with Gasteiger partial charge in [0.05, 0.1) is 6.26 Å². The number of allylic oxidation sites excluding steroid dienone is 1. The smallest absolute Gasteiger partial charge is 0.518 e. The van der Waals surface area contributed by atoms with Crippen molar-refractivity contribution in [1.82, 2.24) is 0 Å². The first-order chi connectivity index (χ1) is 5.24. The standard InChI is InChI=1S/C7H15BO3/c1-5-7(2)6-11-8(9-3)10-4/h6H,5H2,1-4H3/b7-6+. The Bertz CT molecular complexity index is 121. The van der Waals surface area contributed by atoms with Crippen molar-refractivity contribution in [2.45, 2.75) is 20.3 Å². The van der Waals surface area contributed by atoms with E-state index in [1.54, 1.807) is 6.26 Å². The van der Waals surface area contributed by atoms with Gasteiger partial charge in [-0.2, -0.15) is 0 Å². The van der Waals surface area contributed by atoms with E-state index < -0.39 is 7.32 Å². The van der Waals surface area contributed by atoms with E-state index in [1.807, 2.05) is 6.92 Å². The van der Waals surface area contributed by atoms with Gasteiger partial charge in [0.1, 0.15) is 0 Å². The quantitative estimate of drug-likeness (QED) is 0.449. The molecule has 3 nitrogen and oxygen atoms in total. The van der Waals surface area contributed by atoms with Crippen molar-refractivity contribution in [2.75, 3.05) is 14.2 Å². The van der Waals surface area contributed by atoms with Gasteiger partial charge in [-0.1, -0.05) is 6.92 Å². The second-order valence-electron chi connectivity index (χ2n) is 2.21. The fourth-order valence-electron chi connectivity index (χ4n) is 0.462. The van der Waals surface area contributed by atoms with Crippen LogP contribution in [0.25, 0.3) is 0 Å². The lowest BCUT2D eigenvalue weighted by molar-refractivity contribution is 0.180. The summed E-state index contributed by atoms with van der Waals surface area (Å²) in [7, 11) is 2.48. The van der Waals surface area contributed by atoms with Gasteiger partial charge in [-0.25, -0.2) is 0 Å². The molecule has 0 atom stereocenters. The van der Waals surface area contributed by atoms with Crippen molar-refractivity contribution in [3.8, 4) is 0 Å². The maximum absolute atomic E-state index is 5.09. The van der Waals surface area contributed by atoms with Gasteiger partial charge >= 0.3 is 7.32 Å². The summed E-state index contributed by atoms with van der Waals surface area (Å²) in [5.41, 5.74) is 1.16. The molecular formula is C7H15BO3.